The molecule has 0 bridgehead atoms. The van der Waals surface area contributed by atoms with Crippen LogP contribution in [0.25, 0.3) is 0 Å². The largest absolute Gasteiger partial charge is 0.497 e. The molecule has 0 spiro atoms. The number of morpholine rings is 1. The number of sulfonamides is 1. The Balaban J connectivity index is 1.56. The Morgan fingerprint density at radius 1 is 1.03 bits per heavy atom. The molecule has 0 aromatic heterocycles. The highest BCUT2D eigenvalue weighted by molar-refractivity contribution is 7.92. The number of ether oxygens (including phenoxy) is 3. The van der Waals surface area contributed by atoms with E-state index in [-0.39, 0.29) is 11.5 Å². The summed E-state index contributed by atoms with van der Waals surface area (Å²) < 4.78 is 45.5. The quantitative estimate of drug-likeness (QED) is 0.430. The molecule has 0 radical (unpaired) electrons. The Morgan fingerprint density at radius 3 is 2.42 bits per heavy atom. The molecule has 1 amide bonds. The molecule has 11 heteroatoms. The van der Waals surface area contributed by atoms with Crippen LogP contribution in [0.5, 0.6) is 11.5 Å². The lowest BCUT2D eigenvalue weighted by Crippen LogP contribution is -2.37. The van der Waals surface area contributed by atoms with Crippen LogP contribution in [0.2, 0.25) is 5.02 Å². The number of halogens is 1. The highest BCUT2D eigenvalue weighted by Crippen LogP contribution is 2.31. The third kappa shape index (κ3) is 6.39. The number of carbonyl (C=O) groups is 1. The number of carbonyl (C=O) groups excluding carboxylic acids is 1. The zero-order chi connectivity index (χ0) is 25.5. The van der Waals surface area contributed by atoms with E-state index < -0.39 is 15.9 Å². The van der Waals surface area contributed by atoms with E-state index in [1.807, 2.05) is 4.90 Å². The van der Waals surface area contributed by atoms with E-state index >= 15 is 0 Å². The van der Waals surface area contributed by atoms with Crippen LogP contribution in [0.4, 0.5) is 17.1 Å². The summed E-state index contributed by atoms with van der Waals surface area (Å²) in [5.74, 6) is 0.528. The van der Waals surface area contributed by atoms with Crippen LogP contribution in [-0.2, 0) is 19.6 Å². The average Bonchev–Trinajstić information content (AvgIpc) is 2.89. The lowest BCUT2D eigenvalue weighted by molar-refractivity contribution is -0.118. The van der Waals surface area contributed by atoms with E-state index in [4.69, 9.17) is 25.8 Å². The van der Waals surface area contributed by atoms with Crippen molar-refractivity contribution in [2.75, 3.05) is 55.0 Å². The van der Waals surface area contributed by atoms with Crippen molar-refractivity contribution in [3.05, 3.63) is 71.8 Å². The van der Waals surface area contributed by atoms with Gasteiger partial charge < -0.3 is 24.4 Å². The molecule has 0 aliphatic carbocycles. The molecule has 4 rings (SSSR count). The van der Waals surface area contributed by atoms with Crippen LogP contribution < -0.4 is 24.4 Å². The standard InChI is InChI=1S/C25H26ClN3O6S/c1-33-20-9-6-18(7-10-20)28-36(31,32)24-16-19(8-11-22(24)29-12-14-34-15-13-29)27-25(30)17-35-23-5-3-2-4-21(23)26/h2-11,16,28H,12-15,17H2,1H3,(H,27,30). The summed E-state index contributed by atoms with van der Waals surface area (Å²) >= 11 is 6.06. The Kier molecular flexibility index (Phi) is 8.19. The molecule has 3 aromatic rings. The number of methoxy groups -OCH3 is 1. The third-order valence-electron chi connectivity index (χ3n) is 5.42. The molecule has 9 nitrogen and oxygen atoms in total. The number of nitrogens with zero attached hydrogens (tertiary/aromatic N) is 1. The SMILES string of the molecule is COc1ccc(NS(=O)(=O)c2cc(NC(=O)COc3ccccc3Cl)ccc2N2CCOCC2)cc1. The normalized spacial score (nSPS) is 13.7. The zero-order valence-corrected chi connectivity index (χ0v) is 21.1. The summed E-state index contributed by atoms with van der Waals surface area (Å²) in [7, 11) is -2.47. The van der Waals surface area contributed by atoms with Gasteiger partial charge in [0.2, 0.25) is 0 Å². The van der Waals surface area contributed by atoms with Crippen LogP contribution in [0.1, 0.15) is 0 Å². The number of benzene rings is 3. The van der Waals surface area contributed by atoms with Crippen LogP contribution in [0.3, 0.4) is 0 Å². The molecule has 1 aliphatic heterocycles. The van der Waals surface area contributed by atoms with E-state index in [2.05, 4.69) is 10.0 Å². The minimum atomic E-state index is -4.01. The third-order valence-corrected chi connectivity index (χ3v) is 7.15. The van der Waals surface area contributed by atoms with Gasteiger partial charge in [-0.05, 0) is 54.6 Å². The average molecular weight is 532 g/mol. The first-order valence-corrected chi connectivity index (χ1v) is 13.0. The highest BCUT2D eigenvalue weighted by atomic mass is 35.5. The predicted octanol–water partition coefficient (Wildman–Crippen LogP) is 4.00. The predicted molar refractivity (Wildman–Crippen MR) is 139 cm³/mol. The van der Waals surface area contributed by atoms with Crippen molar-refractivity contribution in [1.82, 2.24) is 0 Å². The van der Waals surface area contributed by atoms with Gasteiger partial charge in [0.1, 0.15) is 16.4 Å². The Hall–Kier alpha value is -3.47. The molecule has 3 aromatic carbocycles. The minimum Gasteiger partial charge on any atom is -0.497 e. The molecular formula is C25H26ClN3O6S. The summed E-state index contributed by atoms with van der Waals surface area (Å²) in [4.78, 5) is 14.5. The van der Waals surface area contributed by atoms with Gasteiger partial charge in [0, 0.05) is 24.5 Å². The first-order valence-electron chi connectivity index (χ1n) is 11.2. The Labute approximate surface area is 215 Å². The minimum absolute atomic E-state index is 0.0324. The van der Waals surface area contributed by atoms with E-state index in [1.165, 1.54) is 13.2 Å². The molecule has 0 atom stereocenters. The van der Waals surface area contributed by atoms with Gasteiger partial charge in [-0.1, -0.05) is 23.7 Å². The number of rotatable bonds is 9. The lowest BCUT2D eigenvalue weighted by Gasteiger charge is -2.30. The summed E-state index contributed by atoms with van der Waals surface area (Å²) in [5, 5.41) is 3.08. The fourth-order valence-corrected chi connectivity index (χ4v) is 5.15. The van der Waals surface area contributed by atoms with Crippen LogP contribution in [0.15, 0.2) is 71.6 Å². The smallest absolute Gasteiger partial charge is 0.264 e. The summed E-state index contributed by atoms with van der Waals surface area (Å²) in [6.45, 7) is 1.78. The fourth-order valence-electron chi connectivity index (χ4n) is 3.64. The Morgan fingerprint density at radius 2 is 1.72 bits per heavy atom. The molecule has 2 N–H and O–H groups in total. The molecular weight excluding hydrogens is 506 g/mol. The maximum Gasteiger partial charge on any atom is 0.264 e. The Bertz CT molecular complexity index is 1310. The topological polar surface area (TPSA) is 106 Å². The van der Waals surface area contributed by atoms with E-state index in [1.54, 1.807) is 60.7 Å². The maximum absolute atomic E-state index is 13.5. The number of hydrogen-bond acceptors (Lipinski definition) is 7. The summed E-state index contributed by atoms with van der Waals surface area (Å²) in [6, 6.07) is 18.1. The number of nitrogens with one attached hydrogen (secondary N) is 2. The number of hydrogen-bond donors (Lipinski definition) is 2. The monoisotopic (exact) mass is 531 g/mol. The van der Waals surface area contributed by atoms with Gasteiger partial charge in [-0.3, -0.25) is 9.52 Å². The molecule has 36 heavy (non-hydrogen) atoms. The molecule has 0 saturated carbocycles. The van der Waals surface area contributed by atoms with Gasteiger partial charge in [0.05, 0.1) is 31.0 Å². The van der Waals surface area contributed by atoms with Gasteiger partial charge in [0.15, 0.2) is 6.61 Å². The fraction of sp³-hybridized carbons (Fsp3) is 0.240. The van der Waals surface area contributed by atoms with Crippen molar-refractivity contribution in [2.45, 2.75) is 4.90 Å². The first kappa shape index (κ1) is 25.6. The van der Waals surface area contributed by atoms with Crippen molar-refractivity contribution in [1.29, 1.82) is 0 Å². The van der Waals surface area contributed by atoms with Crippen molar-refractivity contribution in [3.63, 3.8) is 0 Å². The van der Waals surface area contributed by atoms with Crippen molar-refractivity contribution >= 4 is 44.6 Å². The van der Waals surface area contributed by atoms with Gasteiger partial charge in [0.25, 0.3) is 15.9 Å². The summed E-state index contributed by atoms with van der Waals surface area (Å²) in [5.41, 5.74) is 1.21. The number of amides is 1. The van der Waals surface area contributed by atoms with Gasteiger partial charge >= 0.3 is 0 Å². The van der Waals surface area contributed by atoms with Crippen molar-refractivity contribution < 1.29 is 27.4 Å². The molecule has 1 heterocycles. The first-order chi connectivity index (χ1) is 17.4. The number of anilines is 3. The molecule has 1 fully saturated rings. The second-order valence-electron chi connectivity index (χ2n) is 7.88. The van der Waals surface area contributed by atoms with Crippen molar-refractivity contribution in [3.8, 4) is 11.5 Å². The van der Waals surface area contributed by atoms with Crippen molar-refractivity contribution in [2.24, 2.45) is 0 Å². The molecule has 1 saturated heterocycles. The van der Waals surface area contributed by atoms with Gasteiger partial charge in [-0.25, -0.2) is 8.42 Å². The van der Waals surface area contributed by atoms with Crippen LogP contribution in [-0.4, -0.2) is 54.3 Å². The van der Waals surface area contributed by atoms with E-state index in [9.17, 15) is 13.2 Å². The van der Waals surface area contributed by atoms with E-state index in [0.29, 0.717) is 59.9 Å². The zero-order valence-electron chi connectivity index (χ0n) is 19.6. The maximum atomic E-state index is 13.5. The second-order valence-corrected chi connectivity index (χ2v) is 9.94. The van der Waals surface area contributed by atoms with Crippen LogP contribution in [0, 0.1) is 0 Å². The van der Waals surface area contributed by atoms with Gasteiger partial charge in [-0.15, -0.1) is 0 Å². The van der Waals surface area contributed by atoms with E-state index in [0.717, 1.165) is 0 Å². The molecule has 0 unspecified atom stereocenters. The van der Waals surface area contributed by atoms with Crippen LogP contribution >= 0.6 is 11.6 Å². The molecule has 1 aliphatic rings. The summed E-state index contributed by atoms with van der Waals surface area (Å²) in [6.07, 6.45) is 0. The number of para-hydroxylation sites is 1. The lowest BCUT2D eigenvalue weighted by atomic mass is 10.2. The molecule has 190 valence electrons. The highest BCUT2D eigenvalue weighted by Gasteiger charge is 2.24. The van der Waals surface area contributed by atoms with Gasteiger partial charge in [-0.2, -0.15) is 0 Å². The second kappa shape index (κ2) is 11.5.